The Morgan fingerprint density at radius 3 is 2.69 bits per heavy atom. The van der Waals surface area contributed by atoms with E-state index in [-0.39, 0.29) is 0 Å². The van der Waals surface area contributed by atoms with E-state index in [1.165, 1.54) is 25.0 Å². The van der Waals surface area contributed by atoms with Gasteiger partial charge < -0.3 is 5.32 Å². The maximum absolute atomic E-state index is 4.74. The lowest BCUT2D eigenvalue weighted by molar-refractivity contribution is 0.819. The van der Waals surface area contributed by atoms with E-state index >= 15 is 0 Å². The third kappa shape index (κ3) is 1.91. The van der Waals surface area contributed by atoms with Crippen LogP contribution in [0.1, 0.15) is 56.5 Å². The van der Waals surface area contributed by atoms with Crippen LogP contribution in [-0.2, 0) is 0 Å². The summed E-state index contributed by atoms with van der Waals surface area (Å²) in [5.74, 6) is 4.22. The predicted molar refractivity (Wildman–Crippen MR) is 64.7 cm³/mol. The molecule has 0 aromatic carbocycles. The second-order valence-electron chi connectivity index (χ2n) is 5.16. The summed E-state index contributed by atoms with van der Waals surface area (Å²) >= 11 is 0. The topological polar surface area (TPSA) is 37.8 Å². The Kier molecular flexibility index (Phi) is 2.34. The van der Waals surface area contributed by atoms with Crippen LogP contribution in [0.15, 0.2) is 6.07 Å². The van der Waals surface area contributed by atoms with E-state index in [1.807, 2.05) is 0 Å². The van der Waals surface area contributed by atoms with Crippen molar-refractivity contribution in [3.05, 3.63) is 17.6 Å². The van der Waals surface area contributed by atoms with Crippen LogP contribution < -0.4 is 5.32 Å². The highest BCUT2D eigenvalue weighted by molar-refractivity contribution is 5.39. The smallest absolute Gasteiger partial charge is 0.134 e. The highest BCUT2D eigenvalue weighted by atomic mass is 15.0. The molecule has 0 bridgehead atoms. The lowest BCUT2D eigenvalue weighted by atomic mass is 10.2. The minimum Gasteiger partial charge on any atom is -0.370 e. The number of nitrogens with one attached hydrogen (secondary N) is 1. The fourth-order valence-corrected chi connectivity index (χ4v) is 2.19. The Bertz CT molecular complexity index is 398. The molecule has 0 amide bonds. The Labute approximate surface area is 96.7 Å². The molecule has 0 radical (unpaired) electrons. The lowest BCUT2D eigenvalue weighted by Crippen LogP contribution is -2.05. The number of hydrogen-bond acceptors (Lipinski definition) is 3. The van der Waals surface area contributed by atoms with Gasteiger partial charge in [-0.1, -0.05) is 6.92 Å². The number of hydrogen-bond donors (Lipinski definition) is 1. The van der Waals surface area contributed by atoms with Crippen molar-refractivity contribution in [2.24, 2.45) is 5.92 Å². The average molecular weight is 217 g/mol. The van der Waals surface area contributed by atoms with E-state index in [0.717, 1.165) is 24.1 Å². The molecule has 2 unspecified atom stereocenters. The first-order valence-corrected chi connectivity index (χ1v) is 6.40. The van der Waals surface area contributed by atoms with E-state index in [2.05, 4.69) is 30.2 Å². The van der Waals surface area contributed by atoms with Crippen LogP contribution >= 0.6 is 0 Å². The lowest BCUT2D eigenvalue weighted by Gasteiger charge is -2.08. The third-order valence-corrected chi connectivity index (χ3v) is 3.56. The first-order chi connectivity index (χ1) is 7.78. The average Bonchev–Trinajstić information content (AvgIpc) is 3.12. The highest BCUT2D eigenvalue weighted by Crippen LogP contribution is 2.47. The quantitative estimate of drug-likeness (QED) is 0.842. The second kappa shape index (κ2) is 3.72. The summed E-state index contributed by atoms with van der Waals surface area (Å²) in [6.45, 7) is 5.32. The molecular formula is C13H19N3. The molecular weight excluding hydrogens is 198 g/mol. The molecule has 1 heterocycles. The number of rotatable bonds is 4. The molecule has 0 saturated heterocycles. The molecule has 2 fully saturated rings. The van der Waals surface area contributed by atoms with E-state index < -0.39 is 0 Å². The Morgan fingerprint density at radius 2 is 2.12 bits per heavy atom. The van der Waals surface area contributed by atoms with Gasteiger partial charge >= 0.3 is 0 Å². The van der Waals surface area contributed by atoms with Crippen LogP contribution in [0.25, 0.3) is 0 Å². The van der Waals surface area contributed by atoms with Crippen LogP contribution in [0.5, 0.6) is 0 Å². The fraction of sp³-hybridized carbons (Fsp3) is 0.692. The molecule has 1 N–H and O–H groups in total. The molecule has 3 rings (SSSR count). The van der Waals surface area contributed by atoms with Gasteiger partial charge in [-0.2, -0.15) is 0 Å². The maximum atomic E-state index is 4.74. The zero-order valence-corrected chi connectivity index (χ0v) is 10.0. The minimum atomic E-state index is 0.621. The molecule has 1 aromatic heterocycles. The van der Waals surface area contributed by atoms with E-state index in [0.29, 0.717) is 11.8 Å². The third-order valence-electron chi connectivity index (χ3n) is 3.56. The van der Waals surface area contributed by atoms with Crippen LogP contribution in [0.2, 0.25) is 0 Å². The van der Waals surface area contributed by atoms with Crippen molar-refractivity contribution in [3.8, 4) is 0 Å². The molecule has 2 aliphatic rings. The van der Waals surface area contributed by atoms with Crippen molar-refractivity contribution in [2.45, 2.75) is 44.9 Å². The summed E-state index contributed by atoms with van der Waals surface area (Å²) < 4.78 is 0. The number of nitrogens with zero attached hydrogens (tertiary/aromatic N) is 2. The molecule has 3 nitrogen and oxygen atoms in total. The molecule has 2 saturated carbocycles. The van der Waals surface area contributed by atoms with Gasteiger partial charge in [-0.05, 0) is 32.1 Å². The zero-order valence-electron chi connectivity index (χ0n) is 10.0. The van der Waals surface area contributed by atoms with Gasteiger partial charge in [0.15, 0.2) is 0 Å². The van der Waals surface area contributed by atoms with E-state index in [4.69, 9.17) is 4.98 Å². The summed E-state index contributed by atoms with van der Waals surface area (Å²) in [7, 11) is 0. The van der Waals surface area contributed by atoms with Gasteiger partial charge in [0.2, 0.25) is 0 Å². The Hall–Kier alpha value is -1.12. The van der Waals surface area contributed by atoms with Crippen LogP contribution in [0, 0.1) is 5.92 Å². The highest BCUT2D eigenvalue weighted by Gasteiger charge is 2.37. The van der Waals surface area contributed by atoms with Crippen LogP contribution in [0.4, 0.5) is 5.82 Å². The molecule has 16 heavy (non-hydrogen) atoms. The minimum absolute atomic E-state index is 0.621. The van der Waals surface area contributed by atoms with Crippen molar-refractivity contribution >= 4 is 5.82 Å². The summed E-state index contributed by atoms with van der Waals surface area (Å²) in [5, 5.41) is 3.32. The van der Waals surface area contributed by atoms with Gasteiger partial charge in [0, 0.05) is 30.1 Å². The normalized spacial score (nSPS) is 27.9. The van der Waals surface area contributed by atoms with E-state index in [1.54, 1.807) is 0 Å². The first kappa shape index (κ1) is 10.1. The van der Waals surface area contributed by atoms with Crippen LogP contribution in [0.3, 0.4) is 0 Å². The fourth-order valence-electron chi connectivity index (χ4n) is 2.19. The largest absolute Gasteiger partial charge is 0.370 e. The summed E-state index contributed by atoms with van der Waals surface area (Å²) in [6, 6.07) is 2.14. The van der Waals surface area contributed by atoms with Crippen LogP contribution in [-0.4, -0.2) is 16.5 Å². The standard InChI is InChI=1S/C13H19N3/c1-3-14-12-7-11(9-4-5-9)15-13(16-12)10-6-8(10)2/h7-10H,3-6H2,1-2H3,(H,14,15,16). The number of aromatic nitrogens is 2. The van der Waals surface area contributed by atoms with Gasteiger partial charge in [-0.3, -0.25) is 0 Å². The van der Waals surface area contributed by atoms with Crippen molar-refractivity contribution in [2.75, 3.05) is 11.9 Å². The van der Waals surface area contributed by atoms with E-state index in [9.17, 15) is 0 Å². The molecule has 2 aliphatic carbocycles. The maximum Gasteiger partial charge on any atom is 0.134 e. The predicted octanol–water partition coefficient (Wildman–Crippen LogP) is 2.91. The monoisotopic (exact) mass is 217 g/mol. The van der Waals surface area contributed by atoms with Gasteiger partial charge in [-0.25, -0.2) is 9.97 Å². The van der Waals surface area contributed by atoms with Crippen molar-refractivity contribution in [1.82, 2.24) is 9.97 Å². The van der Waals surface area contributed by atoms with Crippen molar-refractivity contribution < 1.29 is 0 Å². The summed E-state index contributed by atoms with van der Waals surface area (Å²) in [4.78, 5) is 9.36. The Balaban J connectivity index is 1.90. The second-order valence-corrected chi connectivity index (χ2v) is 5.16. The molecule has 3 heteroatoms. The van der Waals surface area contributed by atoms with Gasteiger partial charge in [0.25, 0.3) is 0 Å². The Morgan fingerprint density at radius 1 is 1.38 bits per heavy atom. The molecule has 0 aliphatic heterocycles. The van der Waals surface area contributed by atoms with Gasteiger partial charge in [0.1, 0.15) is 11.6 Å². The zero-order chi connectivity index (χ0) is 11.1. The summed E-state index contributed by atoms with van der Waals surface area (Å²) in [5.41, 5.74) is 1.26. The van der Waals surface area contributed by atoms with Crippen molar-refractivity contribution in [1.29, 1.82) is 0 Å². The molecule has 0 spiro atoms. The molecule has 2 atom stereocenters. The SMILES string of the molecule is CCNc1cc(C2CC2)nc(C2CC2C)n1. The first-order valence-electron chi connectivity index (χ1n) is 6.40. The number of anilines is 1. The van der Waals surface area contributed by atoms with Gasteiger partial charge in [0.05, 0.1) is 0 Å². The summed E-state index contributed by atoms with van der Waals surface area (Å²) in [6.07, 6.45) is 3.88. The molecule has 1 aromatic rings. The van der Waals surface area contributed by atoms with Crippen molar-refractivity contribution in [3.63, 3.8) is 0 Å². The molecule has 86 valence electrons. The van der Waals surface area contributed by atoms with Gasteiger partial charge in [-0.15, -0.1) is 0 Å².